The van der Waals surface area contributed by atoms with Crippen molar-refractivity contribution in [1.82, 2.24) is 0 Å². The summed E-state index contributed by atoms with van der Waals surface area (Å²) in [5.41, 5.74) is 1.45. The van der Waals surface area contributed by atoms with Gasteiger partial charge in [0.05, 0.1) is 31.0 Å². The van der Waals surface area contributed by atoms with Gasteiger partial charge < -0.3 is 19.3 Å². The average molecular weight is 279 g/mol. The average Bonchev–Trinajstić information content (AvgIpc) is 2.44. The number of ether oxygens (including phenoxy) is 3. The summed E-state index contributed by atoms with van der Waals surface area (Å²) in [6.07, 6.45) is -0.794. The van der Waals surface area contributed by atoms with Gasteiger partial charge in [-0.2, -0.15) is 5.26 Å². The molecule has 1 aromatic rings. The van der Waals surface area contributed by atoms with Crippen LogP contribution in [0.1, 0.15) is 18.1 Å². The maximum absolute atomic E-state index is 9.79. The summed E-state index contributed by atoms with van der Waals surface area (Å²) in [5.74, 6) is 0.605. The highest BCUT2D eigenvalue weighted by Gasteiger charge is 2.10. The molecule has 5 nitrogen and oxygen atoms in total. The number of hydrogen-bond donors (Lipinski definition) is 1. The fourth-order valence-electron chi connectivity index (χ4n) is 1.62. The van der Waals surface area contributed by atoms with Crippen molar-refractivity contribution in [3.8, 4) is 11.8 Å². The fraction of sp³-hybridized carbons (Fsp3) is 0.533. The van der Waals surface area contributed by atoms with Crippen molar-refractivity contribution in [3.05, 3.63) is 29.3 Å². The molecule has 0 radical (unpaired) electrons. The Kier molecular flexibility index (Phi) is 7.02. The number of nitriles is 1. The van der Waals surface area contributed by atoms with Gasteiger partial charge >= 0.3 is 0 Å². The molecule has 0 bridgehead atoms. The predicted molar refractivity (Wildman–Crippen MR) is 74.7 cm³/mol. The monoisotopic (exact) mass is 279 g/mol. The van der Waals surface area contributed by atoms with Crippen LogP contribution in [-0.4, -0.2) is 44.2 Å². The number of methoxy groups -OCH3 is 1. The lowest BCUT2D eigenvalue weighted by atomic mass is 10.1. The third-order valence-corrected chi connectivity index (χ3v) is 2.72. The molecule has 1 rings (SSSR count). The molecule has 110 valence electrons. The minimum absolute atomic E-state index is 0.0710. The topological polar surface area (TPSA) is 71.7 Å². The smallest absolute Gasteiger partial charge is 0.123 e. The van der Waals surface area contributed by atoms with Crippen molar-refractivity contribution in [2.24, 2.45) is 0 Å². The van der Waals surface area contributed by atoms with E-state index in [9.17, 15) is 5.11 Å². The van der Waals surface area contributed by atoms with E-state index in [2.05, 4.69) is 6.07 Å². The molecule has 20 heavy (non-hydrogen) atoms. The van der Waals surface area contributed by atoms with Gasteiger partial charge in [-0.1, -0.05) is 6.07 Å². The second-order valence-electron chi connectivity index (χ2n) is 4.66. The molecule has 1 N–H and O–H groups in total. The standard InChI is InChI=1S/C15H21NO4/c1-11-4-5-13(7-16)6-15(11)20-10-14(17)9-19-12(2)8-18-3/h4-6,12,14,17H,8-10H2,1-3H3. The van der Waals surface area contributed by atoms with Crippen LogP contribution in [0.25, 0.3) is 0 Å². The second-order valence-corrected chi connectivity index (χ2v) is 4.66. The number of rotatable bonds is 8. The first-order valence-electron chi connectivity index (χ1n) is 6.49. The molecular formula is C15H21NO4. The zero-order chi connectivity index (χ0) is 15.0. The number of hydrogen-bond acceptors (Lipinski definition) is 5. The van der Waals surface area contributed by atoms with Crippen molar-refractivity contribution in [3.63, 3.8) is 0 Å². The molecule has 0 aliphatic rings. The van der Waals surface area contributed by atoms with Gasteiger partial charge in [0, 0.05) is 7.11 Å². The van der Waals surface area contributed by atoms with Gasteiger partial charge in [-0.3, -0.25) is 0 Å². The molecule has 2 unspecified atom stereocenters. The molecule has 0 saturated heterocycles. The molecular weight excluding hydrogens is 258 g/mol. The predicted octanol–water partition coefficient (Wildman–Crippen LogP) is 1.66. The zero-order valence-electron chi connectivity index (χ0n) is 12.1. The first kappa shape index (κ1) is 16.4. The lowest BCUT2D eigenvalue weighted by molar-refractivity contribution is -0.0423. The molecule has 5 heteroatoms. The Labute approximate surface area is 119 Å². The van der Waals surface area contributed by atoms with E-state index in [1.807, 2.05) is 19.9 Å². The Balaban J connectivity index is 2.41. The quantitative estimate of drug-likeness (QED) is 0.783. The van der Waals surface area contributed by atoms with Crippen LogP contribution in [0, 0.1) is 18.3 Å². The maximum atomic E-state index is 9.79. The van der Waals surface area contributed by atoms with E-state index < -0.39 is 6.10 Å². The molecule has 0 amide bonds. The molecule has 0 heterocycles. The number of nitrogens with zero attached hydrogens (tertiary/aromatic N) is 1. The van der Waals surface area contributed by atoms with Crippen LogP contribution in [0.15, 0.2) is 18.2 Å². The van der Waals surface area contributed by atoms with Crippen LogP contribution in [0.4, 0.5) is 0 Å². The maximum Gasteiger partial charge on any atom is 0.123 e. The number of aryl methyl sites for hydroxylation is 1. The van der Waals surface area contributed by atoms with Gasteiger partial charge in [-0.05, 0) is 31.5 Å². The van der Waals surface area contributed by atoms with Crippen LogP contribution in [0.5, 0.6) is 5.75 Å². The van der Waals surface area contributed by atoms with Crippen molar-refractivity contribution >= 4 is 0 Å². The number of aliphatic hydroxyl groups excluding tert-OH is 1. The molecule has 1 aromatic carbocycles. The highest BCUT2D eigenvalue weighted by molar-refractivity contribution is 5.41. The molecule has 0 spiro atoms. The summed E-state index contributed by atoms with van der Waals surface area (Å²) < 4.78 is 15.9. The number of aliphatic hydroxyl groups is 1. The van der Waals surface area contributed by atoms with E-state index in [-0.39, 0.29) is 19.3 Å². The molecule has 0 fully saturated rings. The van der Waals surface area contributed by atoms with E-state index in [0.29, 0.717) is 17.9 Å². The minimum Gasteiger partial charge on any atom is -0.490 e. The van der Waals surface area contributed by atoms with Gasteiger partial charge in [0.15, 0.2) is 0 Å². The van der Waals surface area contributed by atoms with Crippen molar-refractivity contribution < 1.29 is 19.3 Å². The van der Waals surface area contributed by atoms with Gasteiger partial charge in [0.25, 0.3) is 0 Å². The normalized spacial score (nSPS) is 13.6. The van der Waals surface area contributed by atoms with Gasteiger partial charge in [0.2, 0.25) is 0 Å². The summed E-state index contributed by atoms with van der Waals surface area (Å²) in [4.78, 5) is 0. The SMILES string of the molecule is COCC(C)OCC(O)COc1cc(C#N)ccc1C. The molecule has 0 saturated carbocycles. The second kappa shape index (κ2) is 8.54. The zero-order valence-corrected chi connectivity index (χ0v) is 12.1. The Bertz CT molecular complexity index is 456. The lowest BCUT2D eigenvalue weighted by Gasteiger charge is -2.17. The third kappa shape index (κ3) is 5.57. The molecule has 2 atom stereocenters. The summed E-state index contributed by atoms with van der Waals surface area (Å²) >= 11 is 0. The fourth-order valence-corrected chi connectivity index (χ4v) is 1.62. The highest BCUT2D eigenvalue weighted by Crippen LogP contribution is 2.19. The molecule has 0 aliphatic carbocycles. The summed E-state index contributed by atoms with van der Waals surface area (Å²) in [7, 11) is 1.60. The van der Waals surface area contributed by atoms with Crippen LogP contribution in [0.3, 0.4) is 0 Å². The summed E-state index contributed by atoms with van der Waals surface area (Å²) in [6.45, 7) is 4.55. The van der Waals surface area contributed by atoms with E-state index in [1.54, 1.807) is 19.2 Å². The highest BCUT2D eigenvalue weighted by atomic mass is 16.5. The Morgan fingerprint density at radius 1 is 1.30 bits per heavy atom. The Morgan fingerprint density at radius 3 is 2.70 bits per heavy atom. The Hall–Kier alpha value is -1.61. The van der Waals surface area contributed by atoms with Gasteiger partial charge in [-0.25, -0.2) is 0 Å². The first-order chi connectivity index (χ1) is 9.56. The van der Waals surface area contributed by atoms with E-state index in [1.165, 1.54) is 0 Å². The van der Waals surface area contributed by atoms with Gasteiger partial charge in [0.1, 0.15) is 18.5 Å². The largest absolute Gasteiger partial charge is 0.490 e. The van der Waals surface area contributed by atoms with Crippen LogP contribution >= 0.6 is 0 Å². The van der Waals surface area contributed by atoms with Crippen molar-refractivity contribution in [1.29, 1.82) is 5.26 Å². The summed E-state index contributed by atoms with van der Waals surface area (Å²) in [5, 5.41) is 18.6. The molecule has 0 aliphatic heterocycles. The van der Waals surface area contributed by atoms with Crippen LogP contribution in [-0.2, 0) is 9.47 Å². The molecule has 0 aromatic heterocycles. The minimum atomic E-state index is -0.723. The lowest BCUT2D eigenvalue weighted by Crippen LogP contribution is -2.27. The number of benzene rings is 1. The third-order valence-electron chi connectivity index (χ3n) is 2.72. The van der Waals surface area contributed by atoms with Crippen LogP contribution < -0.4 is 4.74 Å². The van der Waals surface area contributed by atoms with Gasteiger partial charge in [-0.15, -0.1) is 0 Å². The summed E-state index contributed by atoms with van der Waals surface area (Å²) in [6, 6.07) is 7.27. The Morgan fingerprint density at radius 2 is 2.05 bits per heavy atom. The van der Waals surface area contributed by atoms with E-state index in [4.69, 9.17) is 19.5 Å². The van der Waals surface area contributed by atoms with E-state index in [0.717, 1.165) is 5.56 Å². The first-order valence-corrected chi connectivity index (χ1v) is 6.49. The van der Waals surface area contributed by atoms with E-state index >= 15 is 0 Å². The van der Waals surface area contributed by atoms with Crippen molar-refractivity contribution in [2.45, 2.75) is 26.1 Å². The van der Waals surface area contributed by atoms with Crippen molar-refractivity contribution in [2.75, 3.05) is 26.9 Å². The van der Waals surface area contributed by atoms with Crippen LogP contribution in [0.2, 0.25) is 0 Å².